The van der Waals surface area contributed by atoms with Crippen molar-refractivity contribution in [1.82, 2.24) is 9.78 Å². The molecule has 2 aromatic rings. The quantitative estimate of drug-likeness (QED) is 0.923. The highest BCUT2D eigenvalue weighted by molar-refractivity contribution is 7.92. The second kappa shape index (κ2) is 5.86. The van der Waals surface area contributed by atoms with Crippen molar-refractivity contribution >= 4 is 27.4 Å². The van der Waals surface area contributed by atoms with Gasteiger partial charge < -0.3 is 4.74 Å². The molecule has 2 heterocycles. The fraction of sp³-hybridized carbons (Fsp3) is 0.308. The molecule has 1 aliphatic rings. The highest BCUT2D eigenvalue weighted by atomic mass is 35.5. The van der Waals surface area contributed by atoms with E-state index in [0.29, 0.717) is 13.2 Å². The number of rotatable bonds is 4. The van der Waals surface area contributed by atoms with E-state index in [-0.39, 0.29) is 16.9 Å². The zero-order valence-corrected chi connectivity index (χ0v) is 12.9. The van der Waals surface area contributed by atoms with Crippen LogP contribution < -0.4 is 4.72 Å². The van der Waals surface area contributed by atoms with Crippen LogP contribution in [0.15, 0.2) is 35.4 Å². The van der Waals surface area contributed by atoms with Crippen LogP contribution in [0, 0.1) is 5.82 Å². The summed E-state index contributed by atoms with van der Waals surface area (Å²) in [5.74, 6) is -0.609. The number of anilines is 1. The number of sulfonamides is 1. The van der Waals surface area contributed by atoms with Crippen molar-refractivity contribution in [2.75, 3.05) is 17.9 Å². The van der Waals surface area contributed by atoms with Crippen LogP contribution in [0.1, 0.15) is 12.5 Å². The van der Waals surface area contributed by atoms with Gasteiger partial charge in [0.2, 0.25) is 0 Å². The predicted molar refractivity (Wildman–Crippen MR) is 78.9 cm³/mol. The summed E-state index contributed by atoms with van der Waals surface area (Å²) >= 11 is 5.75. The molecule has 118 valence electrons. The van der Waals surface area contributed by atoms with Crippen LogP contribution in [0.5, 0.6) is 0 Å². The van der Waals surface area contributed by atoms with E-state index in [4.69, 9.17) is 16.3 Å². The Balaban J connectivity index is 1.92. The number of ether oxygens (including phenoxy) is 1. The monoisotopic (exact) mass is 345 g/mol. The summed E-state index contributed by atoms with van der Waals surface area (Å²) in [6.45, 7) is 1.06. The van der Waals surface area contributed by atoms with Gasteiger partial charge in [0.1, 0.15) is 16.5 Å². The smallest absolute Gasteiger partial charge is 0.266 e. The summed E-state index contributed by atoms with van der Waals surface area (Å²) in [5.41, 5.74) is 0. The average Bonchev–Trinajstić information content (AvgIpc) is 3.11. The molecule has 1 fully saturated rings. The van der Waals surface area contributed by atoms with Crippen molar-refractivity contribution in [3.8, 4) is 0 Å². The molecule has 1 saturated heterocycles. The number of halogens is 2. The lowest BCUT2D eigenvalue weighted by molar-refractivity contribution is 0.185. The molecule has 1 atom stereocenters. The Labute approximate surface area is 131 Å². The minimum absolute atomic E-state index is 0.0445. The van der Waals surface area contributed by atoms with Gasteiger partial charge in [0.05, 0.1) is 18.8 Å². The van der Waals surface area contributed by atoms with Crippen LogP contribution in [-0.2, 0) is 14.8 Å². The van der Waals surface area contributed by atoms with Crippen LogP contribution in [0.2, 0.25) is 5.02 Å². The number of hydrogen-bond donors (Lipinski definition) is 1. The van der Waals surface area contributed by atoms with Gasteiger partial charge in [-0.2, -0.15) is 5.10 Å². The first-order chi connectivity index (χ1) is 10.5. The number of nitrogens with zero attached hydrogens (tertiary/aromatic N) is 2. The lowest BCUT2D eigenvalue weighted by Gasteiger charge is -2.14. The topological polar surface area (TPSA) is 73.2 Å². The summed E-state index contributed by atoms with van der Waals surface area (Å²) in [7, 11) is -4.10. The standard InChI is InChI=1S/C13H13ClFN3O3S/c14-9-1-2-11(15)12(7-9)22(19,20)17-13-3-5-16-18(13)10-4-6-21-8-10/h1-3,5,7,10,17H,4,6,8H2. The van der Waals surface area contributed by atoms with Crippen molar-refractivity contribution in [1.29, 1.82) is 0 Å². The minimum atomic E-state index is -4.10. The Morgan fingerprint density at radius 3 is 2.95 bits per heavy atom. The third kappa shape index (κ3) is 2.94. The highest BCUT2D eigenvalue weighted by Crippen LogP contribution is 2.26. The summed E-state index contributed by atoms with van der Waals surface area (Å²) in [4.78, 5) is -0.504. The van der Waals surface area contributed by atoms with Crippen molar-refractivity contribution in [2.45, 2.75) is 17.4 Å². The maximum Gasteiger partial charge on any atom is 0.266 e. The van der Waals surface area contributed by atoms with E-state index >= 15 is 0 Å². The molecule has 1 unspecified atom stereocenters. The van der Waals surface area contributed by atoms with Crippen LogP contribution in [0.3, 0.4) is 0 Å². The van der Waals surface area contributed by atoms with Gasteiger partial charge in [-0.15, -0.1) is 0 Å². The number of nitrogens with one attached hydrogen (secondary N) is 1. The fourth-order valence-electron chi connectivity index (χ4n) is 2.28. The summed E-state index contributed by atoms with van der Waals surface area (Å²) in [6.07, 6.45) is 2.21. The highest BCUT2D eigenvalue weighted by Gasteiger charge is 2.25. The van der Waals surface area contributed by atoms with Crippen molar-refractivity contribution in [3.63, 3.8) is 0 Å². The van der Waals surface area contributed by atoms with Gasteiger partial charge in [0.25, 0.3) is 10.0 Å². The SMILES string of the molecule is O=S(=O)(Nc1ccnn1C1CCOC1)c1cc(Cl)ccc1F. The molecule has 1 N–H and O–H groups in total. The van der Waals surface area contributed by atoms with Gasteiger partial charge in [-0.25, -0.2) is 17.5 Å². The van der Waals surface area contributed by atoms with E-state index in [1.54, 1.807) is 0 Å². The van der Waals surface area contributed by atoms with E-state index < -0.39 is 20.7 Å². The molecule has 0 bridgehead atoms. The molecule has 0 aliphatic carbocycles. The van der Waals surface area contributed by atoms with Gasteiger partial charge in [0, 0.05) is 17.7 Å². The molecule has 0 spiro atoms. The normalized spacial score (nSPS) is 18.5. The molecule has 6 nitrogen and oxygen atoms in total. The van der Waals surface area contributed by atoms with E-state index in [1.165, 1.54) is 23.0 Å². The maximum atomic E-state index is 13.8. The molecule has 0 amide bonds. The zero-order chi connectivity index (χ0) is 15.7. The van der Waals surface area contributed by atoms with Gasteiger partial charge in [-0.3, -0.25) is 4.72 Å². The molecule has 0 radical (unpaired) electrons. The Kier molecular flexibility index (Phi) is 4.07. The molecular formula is C13H13ClFN3O3S. The van der Waals surface area contributed by atoms with E-state index in [1.807, 2.05) is 0 Å². The molecule has 9 heteroatoms. The first-order valence-corrected chi connectivity index (χ1v) is 8.42. The third-order valence-corrected chi connectivity index (χ3v) is 4.95. The van der Waals surface area contributed by atoms with Crippen molar-refractivity contribution < 1.29 is 17.5 Å². The molecular weight excluding hydrogens is 333 g/mol. The van der Waals surface area contributed by atoms with E-state index in [9.17, 15) is 12.8 Å². The van der Waals surface area contributed by atoms with Crippen LogP contribution in [-0.4, -0.2) is 31.4 Å². The predicted octanol–water partition coefficient (Wildman–Crippen LogP) is 2.44. The van der Waals surface area contributed by atoms with Gasteiger partial charge in [-0.1, -0.05) is 11.6 Å². The Morgan fingerprint density at radius 1 is 1.41 bits per heavy atom. The van der Waals surface area contributed by atoms with Crippen LogP contribution >= 0.6 is 11.6 Å². The third-order valence-electron chi connectivity index (χ3n) is 3.34. The largest absolute Gasteiger partial charge is 0.379 e. The zero-order valence-electron chi connectivity index (χ0n) is 11.4. The summed E-state index contributed by atoms with van der Waals surface area (Å²) < 4.78 is 47.6. The van der Waals surface area contributed by atoms with Gasteiger partial charge in [0.15, 0.2) is 0 Å². The van der Waals surface area contributed by atoms with Gasteiger partial charge >= 0.3 is 0 Å². The molecule has 22 heavy (non-hydrogen) atoms. The lowest BCUT2D eigenvalue weighted by atomic mass is 10.3. The van der Waals surface area contributed by atoms with Crippen LogP contribution in [0.4, 0.5) is 10.2 Å². The molecule has 3 rings (SSSR count). The minimum Gasteiger partial charge on any atom is -0.379 e. The maximum absolute atomic E-state index is 13.8. The number of hydrogen-bond acceptors (Lipinski definition) is 4. The number of benzene rings is 1. The second-order valence-corrected chi connectivity index (χ2v) is 6.95. The van der Waals surface area contributed by atoms with Crippen molar-refractivity contribution in [2.24, 2.45) is 0 Å². The first-order valence-electron chi connectivity index (χ1n) is 6.56. The Morgan fingerprint density at radius 2 is 2.23 bits per heavy atom. The van der Waals surface area contributed by atoms with Gasteiger partial charge in [-0.05, 0) is 24.6 Å². The summed E-state index contributed by atoms with van der Waals surface area (Å²) in [6, 6.07) is 4.84. The fourth-order valence-corrected chi connectivity index (χ4v) is 3.67. The van der Waals surface area contributed by atoms with E-state index in [0.717, 1.165) is 18.6 Å². The first kappa shape index (κ1) is 15.3. The molecule has 1 aliphatic heterocycles. The molecule has 1 aromatic carbocycles. The molecule has 0 saturated carbocycles. The average molecular weight is 346 g/mol. The van der Waals surface area contributed by atoms with E-state index in [2.05, 4.69) is 9.82 Å². The number of aromatic nitrogens is 2. The Hall–Kier alpha value is -1.64. The Bertz CT molecular complexity index is 788. The van der Waals surface area contributed by atoms with Crippen molar-refractivity contribution in [3.05, 3.63) is 41.3 Å². The summed E-state index contributed by atoms with van der Waals surface area (Å²) in [5, 5.41) is 4.24. The molecule has 1 aromatic heterocycles. The van der Waals surface area contributed by atoms with Crippen LogP contribution in [0.25, 0.3) is 0 Å². The second-order valence-electron chi connectivity index (χ2n) is 4.86. The lowest BCUT2D eigenvalue weighted by Crippen LogP contribution is -2.20.